The van der Waals surface area contributed by atoms with Crippen LogP contribution >= 0.6 is 10.2 Å². The molecule has 0 bridgehead atoms. The quantitative estimate of drug-likeness (QED) is 0.619. The van der Waals surface area contributed by atoms with E-state index >= 15 is 0 Å². The summed E-state index contributed by atoms with van der Waals surface area (Å²) in [6.45, 7) is -0.171. The van der Waals surface area contributed by atoms with Gasteiger partial charge in [-0.05, 0) is 23.3 Å². The van der Waals surface area contributed by atoms with E-state index in [4.69, 9.17) is 0 Å². The Labute approximate surface area is 163 Å². The van der Waals surface area contributed by atoms with Crippen LogP contribution in [-0.2, 0) is 16.1 Å². The SMILES string of the molecule is O=C1CC(C(=O)NCc2ccc(S(F)(F)(F)(F)F)cc2)NC(c2ccccc2)N1. The van der Waals surface area contributed by atoms with E-state index in [0.29, 0.717) is 12.1 Å². The van der Waals surface area contributed by atoms with Crippen LogP contribution in [0.15, 0.2) is 59.5 Å². The smallest absolute Gasteiger partial charge is 0.310 e. The van der Waals surface area contributed by atoms with Crippen molar-refractivity contribution in [2.24, 2.45) is 0 Å². The Bertz CT molecular complexity index is 921. The lowest BCUT2D eigenvalue weighted by molar-refractivity contribution is -0.132. The molecule has 1 aliphatic rings. The van der Waals surface area contributed by atoms with Crippen LogP contribution in [0.1, 0.15) is 23.7 Å². The monoisotopic (exact) mass is 435 g/mol. The fourth-order valence-electron chi connectivity index (χ4n) is 2.88. The minimum Gasteiger partial charge on any atom is -0.351 e. The first kappa shape index (κ1) is 21.1. The lowest BCUT2D eigenvalue weighted by atomic mass is 10.1. The van der Waals surface area contributed by atoms with Gasteiger partial charge in [0.15, 0.2) is 0 Å². The van der Waals surface area contributed by atoms with Gasteiger partial charge in [-0.25, -0.2) is 0 Å². The van der Waals surface area contributed by atoms with E-state index in [1.165, 1.54) is 0 Å². The van der Waals surface area contributed by atoms with E-state index in [2.05, 4.69) is 16.0 Å². The summed E-state index contributed by atoms with van der Waals surface area (Å²) in [4.78, 5) is 22.3. The zero-order valence-corrected chi connectivity index (χ0v) is 15.7. The topological polar surface area (TPSA) is 70.2 Å². The normalized spacial score (nSPS) is 22.2. The maximum absolute atomic E-state index is 12.7. The average Bonchev–Trinajstić information content (AvgIpc) is 2.65. The zero-order valence-electron chi connectivity index (χ0n) is 14.9. The zero-order chi connectivity index (χ0) is 21.3. The third kappa shape index (κ3) is 5.45. The van der Waals surface area contributed by atoms with Crippen molar-refractivity contribution < 1.29 is 29.0 Å². The van der Waals surface area contributed by atoms with E-state index in [1.807, 2.05) is 0 Å². The van der Waals surface area contributed by atoms with Crippen LogP contribution in [0.4, 0.5) is 19.4 Å². The highest BCUT2D eigenvalue weighted by atomic mass is 32.5. The molecule has 1 aliphatic heterocycles. The van der Waals surface area contributed by atoms with Gasteiger partial charge >= 0.3 is 10.2 Å². The Morgan fingerprint density at radius 2 is 1.62 bits per heavy atom. The van der Waals surface area contributed by atoms with Gasteiger partial charge < -0.3 is 10.6 Å². The molecule has 29 heavy (non-hydrogen) atoms. The van der Waals surface area contributed by atoms with Gasteiger partial charge in [0.25, 0.3) is 0 Å². The van der Waals surface area contributed by atoms with Crippen LogP contribution in [0.2, 0.25) is 0 Å². The van der Waals surface area contributed by atoms with Crippen LogP contribution in [0.5, 0.6) is 0 Å². The average molecular weight is 435 g/mol. The molecule has 0 spiro atoms. The molecule has 2 unspecified atom stereocenters. The van der Waals surface area contributed by atoms with Crippen molar-refractivity contribution in [2.45, 2.75) is 30.1 Å². The van der Waals surface area contributed by atoms with Crippen LogP contribution < -0.4 is 16.0 Å². The summed E-state index contributed by atoms with van der Waals surface area (Å²) in [6.07, 6.45) is -0.678. The lowest BCUT2D eigenvalue weighted by Gasteiger charge is -2.40. The molecule has 0 radical (unpaired) electrons. The number of carbonyl (C=O) groups is 2. The number of amides is 2. The van der Waals surface area contributed by atoms with Gasteiger partial charge in [0.2, 0.25) is 11.8 Å². The molecule has 1 heterocycles. The first-order chi connectivity index (χ1) is 13.3. The molecule has 0 saturated carbocycles. The summed E-state index contributed by atoms with van der Waals surface area (Å²) in [5.41, 5.74) is 0.966. The van der Waals surface area contributed by atoms with Gasteiger partial charge in [0, 0.05) is 6.54 Å². The maximum Gasteiger partial charge on any atom is 0.310 e. The molecular formula is C18H18F5N3O2S. The van der Waals surface area contributed by atoms with Gasteiger partial charge in [0.05, 0.1) is 12.5 Å². The second-order valence-corrected chi connectivity index (χ2v) is 9.07. The van der Waals surface area contributed by atoms with Crippen LogP contribution in [0, 0.1) is 0 Å². The van der Waals surface area contributed by atoms with Crippen molar-refractivity contribution >= 4 is 22.0 Å². The summed E-state index contributed by atoms with van der Waals surface area (Å²) < 4.78 is 63.7. The van der Waals surface area contributed by atoms with Crippen molar-refractivity contribution in [1.29, 1.82) is 0 Å². The second-order valence-electron chi connectivity index (χ2n) is 6.67. The minimum atomic E-state index is -9.72. The summed E-state index contributed by atoms with van der Waals surface area (Å²) in [7, 11) is -9.72. The summed E-state index contributed by atoms with van der Waals surface area (Å²) in [5.74, 6) is -0.865. The molecule has 1 saturated heterocycles. The number of halogens is 5. The molecule has 2 aromatic rings. The minimum absolute atomic E-state index is 0.113. The van der Waals surface area contributed by atoms with Crippen LogP contribution in [0.3, 0.4) is 0 Å². The summed E-state index contributed by atoms with van der Waals surface area (Å²) in [5, 5.41) is 8.20. The number of nitrogens with one attached hydrogen (secondary N) is 3. The van der Waals surface area contributed by atoms with Crippen molar-refractivity contribution in [1.82, 2.24) is 16.0 Å². The lowest BCUT2D eigenvalue weighted by Crippen LogP contribution is -2.56. The Morgan fingerprint density at radius 1 is 1.00 bits per heavy atom. The molecule has 0 aliphatic carbocycles. The van der Waals surface area contributed by atoms with Crippen molar-refractivity contribution in [3.8, 4) is 0 Å². The Morgan fingerprint density at radius 3 is 2.21 bits per heavy atom. The summed E-state index contributed by atoms with van der Waals surface area (Å²) in [6, 6.07) is 10.4. The molecule has 0 aromatic heterocycles. The molecule has 158 valence electrons. The third-order valence-corrected chi connectivity index (χ3v) is 5.51. The molecule has 1 fully saturated rings. The molecule has 11 heteroatoms. The number of benzene rings is 2. The standard InChI is InChI=1S/C18H18F5N3O2S/c19-29(20,21,22,23)14-8-6-12(7-9-14)11-24-18(28)15-10-16(27)26-17(25-15)13-4-2-1-3-5-13/h1-9,15,17,25H,10-11H2,(H,24,28)(H,26,27). The van der Waals surface area contributed by atoms with Crippen molar-refractivity contribution in [3.05, 3.63) is 65.7 Å². The van der Waals surface area contributed by atoms with Gasteiger partial charge in [0.1, 0.15) is 11.1 Å². The first-order valence-corrected chi connectivity index (χ1v) is 10.5. The molecule has 3 N–H and O–H groups in total. The van der Waals surface area contributed by atoms with Gasteiger partial charge in [-0.3, -0.25) is 14.9 Å². The van der Waals surface area contributed by atoms with Crippen LogP contribution in [-0.4, -0.2) is 17.9 Å². The third-order valence-electron chi connectivity index (χ3n) is 4.35. The fraction of sp³-hybridized carbons (Fsp3) is 0.222. The van der Waals surface area contributed by atoms with E-state index in [-0.39, 0.29) is 24.4 Å². The number of hydrogen-bond donors (Lipinski definition) is 3. The molecular weight excluding hydrogens is 417 g/mol. The number of hydrogen-bond acceptors (Lipinski definition) is 3. The van der Waals surface area contributed by atoms with E-state index in [9.17, 15) is 29.0 Å². The highest BCUT2D eigenvalue weighted by molar-refractivity contribution is 8.45. The summed E-state index contributed by atoms with van der Waals surface area (Å²) >= 11 is 0. The highest BCUT2D eigenvalue weighted by Crippen LogP contribution is 3.02. The van der Waals surface area contributed by atoms with E-state index in [0.717, 1.165) is 17.7 Å². The molecule has 5 nitrogen and oxygen atoms in total. The van der Waals surface area contributed by atoms with Crippen LogP contribution in [0.25, 0.3) is 0 Å². The predicted molar refractivity (Wildman–Crippen MR) is 98.6 cm³/mol. The molecule has 2 aromatic carbocycles. The van der Waals surface area contributed by atoms with E-state index in [1.54, 1.807) is 30.3 Å². The molecule has 2 amide bonds. The Hall–Kier alpha value is -2.66. The predicted octanol–water partition coefficient (Wildman–Crippen LogP) is 4.14. The van der Waals surface area contributed by atoms with Gasteiger partial charge in [-0.1, -0.05) is 61.9 Å². The molecule has 3 rings (SSSR count). The fourth-order valence-corrected chi connectivity index (χ4v) is 3.53. The first-order valence-electron chi connectivity index (χ1n) is 8.53. The Kier molecular flexibility index (Phi) is 4.86. The number of rotatable bonds is 5. The molecule has 2 atom stereocenters. The largest absolute Gasteiger partial charge is 0.351 e. The number of carbonyl (C=O) groups excluding carboxylic acids is 2. The Balaban J connectivity index is 1.62. The van der Waals surface area contributed by atoms with E-state index < -0.39 is 33.2 Å². The van der Waals surface area contributed by atoms with Crippen molar-refractivity contribution in [2.75, 3.05) is 0 Å². The highest BCUT2D eigenvalue weighted by Gasteiger charge is 2.65. The maximum atomic E-state index is 12.7. The van der Waals surface area contributed by atoms with Gasteiger partial charge in [-0.15, -0.1) is 0 Å². The second kappa shape index (κ2) is 6.70. The van der Waals surface area contributed by atoms with Crippen molar-refractivity contribution in [3.63, 3.8) is 0 Å². The van der Waals surface area contributed by atoms with Gasteiger partial charge in [-0.2, -0.15) is 0 Å².